The average molecular weight is 240 g/mol. The molecule has 16 heavy (non-hydrogen) atoms. The molecule has 1 aliphatic heterocycles. The maximum Gasteiger partial charge on any atom is 0.251 e. The lowest BCUT2D eigenvalue weighted by molar-refractivity contribution is -0.118. The first-order valence-electron chi connectivity index (χ1n) is 6.21. The smallest absolute Gasteiger partial charge is 0.251 e. The third kappa shape index (κ3) is 2.37. The van der Waals surface area contributed by atoms with Crippen LogP contribution in [0.25, 0.3) is 0 Å². The Morgan fingerprint density at radius 1 is 1.25 bits per heavy atom. The summed E-state index contributed by atoms with van der Waals surface area (Å²) in [4.78, 5) is 11.8. The summed E-state index contributed by atoms with van der Waals surface area (Å²) in [6.07, 6.45) is 7.11. The largest absolute Gasteiger partial charge is 0.360 e. The first-order chi connectivity index (χ1) is 7.72. The van der Waals surface area contributed by atoms with E-state index in [1.165, 1.54) is 32.1 Å². The van der Waals surface area contributed by atoms with Crippen molar-refractivity contribution in [1.29, 1.82) is 0 Å². The Morgan fingerprint density at radius 3 is 2.56 bits per heavy atom. The van der Waals surface area contributed by atoms with Gasteiger partial charge in [0.15, 0.2) is 0 Å². The number of allylic oxidation sites excluding steroid dienone is 1. The van der Waals surface area contributed by atoms with Crippen molar-refractivity contribution in [2.75, 3.05) is 0 Å². The second kappa shape index (κ2) is 5.13. The molecule has 2 N–H and O–H groups in total. The summed E-state index contributed by atoms with van der Waals surface area (Å²) >= 11 is 4.30. The second-order valence-electron chi connectivity index (χ2n) is 4.60. The van der Waals surface area contributed by atoms with Crippen molar-refractivity contribution >= 4 is 18.5 Å². The van der Waals surface area contributed by atoms with Gasteiger partial charge in [-0.15, -0.1) is 12.6 Å². The van der Waals surface area contributed by atoms with Gasteiger partial charge in [-0.1, -0.05) is 26.2 Å². The predicted octanol–water partition coefficient (Wildman–Crippen LogP) is 2.16. The van der Waals surface area contributed by atoms with Crippen LogP contribution in [0.2, 0.25) is 0 Å². The zero-order valence-electron chi connectivity index (χ0n) is 9.75. The van der Waals surface area contributed by atoms with Crippen molar-refractivity contribution in [3.8, 4) is 0 Å². The number of amides is 1. The fraction of sp³-hybridized carbons (Fsp3) is 0.750. The number of carbonyl (C=O) groups excluding carboxylic acids is 1. The van der Waals surface area contributed by atoms with Gasteiger partial charge < -0.3 is 10.6 Å². The minimum Gasteiger partial charge on any atom is -0.360 e. The summed E-state index contributed by atoms with van der Waals surface area (Å²) in [6, 6.07) is 0. The third-order valence-electron chi connectivity index (χ3n) is 3.53. The molecule has 2 aliphatic rings. The standard InChI is InChI=1S/C12H20N2OS/c1-2-9-10(8-6-4-3-5-7-8)13-12(16)14-11(9)15/h8,12-13,16H,2-7H2,1H3,(H,14,15). The number of thiol groups is 1. The van der Waals surface area contributed by atoms with Crippen LogP contribution in [0.4, 0.5) is 0 Å². The highest BCUT2D eigenvalue weighted by atomic mass is 32.1. The van der Waals surface area contributed by atoms with Crippen LogP contribution in [0.3, 0.4) is 0 Å². The molecule has 1 aliphatic carbocycles. The molecule has 1 unspecified atom stereocenters. The van der Waals surface area contributed by atoms with Gasteiger partial charge in [-0.2, -0.15) is 0 Å². The van der Waals surface area contributed by atoms with Crippen molar-refractivity contribution in [3.05, 3.63) is 11.3 Å². The minimum absolute atomic E-state index is 0.0572. The van der Waals surface area contributed by atoms with E-state index in [0.29, 0.717) is 5.92 Å². The maximum absolute atomic E-state index is 11.8. The van der Waals surface area contributed by atoms with Gasteiger partial charge in [0.1, 0.15) is 5.50 Å². The Hall–Kier alpha value is -0.640. The highest BCUT2D eigenvalue weighted by Crippen LogP contribution is 2.32. The zero-order chi connectivity index (χ0) is 11.5. The van der Waals surface area contributed by atoms with Gasteiger partial charge in [0, 0.05) is 11.3 Å². The molecule has 0 aromatic heterocycles. The van der Waals surface area contributed by atoms with E-state index in [9.17, 15) is 4.79 Å². The van der Waals surface area contributed by atoms with Crippen molar-refractivity contribution < 1.29 is 4.79 Å². The molecule has 0 spiro atoms. The molecule has 1 amide bonds. The number of rotatable bonds is 2. The van der Waals surface area contributed by atoms with Gasteiger partial charge >= 0.3 is 0 Å². The molecule has 90 valence electrons. The lowest BCUT2D eigenvalue weighted by Gasteiger charge is -2.33. The summed E-state index contributed by atoms with van der Waals surface area (Å²) in [5.41, 5.74) is 1.86. The number of hydrogen-bond donors (Lipinski definition) is 3. The van der Waals surface area contributed by atoms with Crippen LogP contribution >= 0.6 is 12.6 Å². The normalized spacial score (nSPS) is 27.6. The molecule has 1 heterocycles. The molecule has 1 fully saturated rings. The van der Waals surface area contributed by atoms with E-state index in [1.807, 2.05) is 6.92 Å². The van der Waals surface area contributed by atoms with Crippen LogP contribution in [-0.2, 0) is 4.79 Å². The van der Waals surface area contributed by atoms with Gasteiger partial charge in [0.2, 0.25) is 0 Å². The third-order valence-corrected chi connectivity index (χ3v) is 3.78. The molecule has 3 nitrogen and oxygen atoms in total. The Balaban J connectivity index is 2.22. The molecule has 0 saturated heterocycles. The van der Waals surface area contributed by atoms with Gasteiger partial charge in [-0.3, -0.25) is 4.79 Å². The summed E-state index contributed by atoms with van der Waals surface area (Å²) in [5, 5.41) is 6.13. The molecule has 0 radical (unpaired) electrons. The zero-order valence-corrected chi connectivity index (χ0v) is 10.6. The first kappa shape index (κ1) is 11.8. The Labute approximate surface area is 102 Å². The summed E-state index contributed by atoms with van der Waals surface area (Å²) < 4.78 is 0. The fourth-order valence-electron chi connectivity index (χ4n) is 2.71. The van der Waals surface area contributed by atoms with Crippen LogP contribution in [0, 0.1) is 5.92 Å². The molecular weight excluding hydrogens is 220 g/mol. The SMILES string of the molecule is CCC1=C(C2CCCCC2)NC(S)NC1=O. The molecule has 1 saturated carbocycles. The van der Waals surface area contributed by atoms with Crippen LogP contribution in [0.15, 0.2) is 11.3 Å². The maximum atomic E-state index is 11.8. The molecule has 1 atom stereocenters. The monoisotopic (exact) mass is 240 g/mol. The van der Waals surface area contributed by atoms with Crippen molar-refractivity contribution in [2.45, 2.75) is 50.9 Å². The second-order valence-corrected chi connectivity index (χ2v) is 5.12. The highest BCUT2D eigenvalue weighted by Gasteiger charge is 2.28. The van der Waals surface area contributed by atoms with E-state index < -0.39 is 0 Å². The van der Waals surface area contributed by atoms with Crippen molar-refractivity contribution in [1.82, 2.24) is 10.6 Å². The Morgan fingerprint density at radius 2 is 1.94 bits per heavy atom. The van der Waals surface area contributed by atoms with E-state index in [0.717, 1.165) is 17.7 Å². The number of nitrogens with one attached hydrogen (secondary N) is 2. The molecule has 4 heteroatoms. The van der Waals surface area contributed by atoms with E-state index in [-0.39, 0.29) is 11.4 Å². The lowest BCUT2D eigenvalue weighted by atomic mass is 9.84. The summed E-state index contributed by atoms with van der Waals surface area (Å²) in [6.45, 7) is 2.04. The van der Waals surface area contributed by atoms with Gasteiger partial charge in [-0.25, -0.2) is 0 Å². The van der Waals surface area contributed by atoms with E-state index >= 15 is 0 Å². The lowest BCUT2D eigenvalue weighted by Crippen LogP contribution is -2.49. The van der Waals surface area contributed by atoms with Crippen LogP contribution in [0.1, 0.15) is 45.4 Å². The fourth-order valence-corrected chi connectivity index (χ4v) is 2.97. The van der Waals surface area contributed by atoms with Crippen molar-refractivity contribution in [3.63, 3.8) is 0 Å². The van der Waals surface area contributed by atoms with Gasteiger partial charge in [0.25, 0.3) is 5.91 Å². The Bertz CT molecular complexity index is 308. The highest BCUT2D eigenvalue weighted by molar-refractivity contribution is 7.80. The first-order valence-corrected chi connectivity index (χ1v) is 6.72. The molecule has 0 aromatic rings. The number of carbonyl (C=O) groups is 1. The molecule has 0 aromatic carbocycles. The van der Waals surface area contributed by atoms with E-state index in [4.69, 9.17) is 0 Å². The van der Waals surface area contributed by atoms with Crippen LogP contribution in [-0.4, -0.2) is 11.4 Å². The van der Waals surface area contributed by atoms with Crippen LogP contribution in [0.5, 0.6) is 0 Å². The summed E-state index contributed by atoms with van der Waals surface area (Å²) in [7, 11) is 0. The minimum atomic E-state index is -0.222. The molecular formula is C12H20N2OS. The molecule has 2 rings (SSSR count). The Kier molecular flexibility index (Phi) is 3.79. The topological polar surface area (TPSA) is 41.1 Å². The van der Waals surface area contributed by atoms with Gasteiger partial charge in [0.05, 0.1) is 0 Å². The van der Waals surface area contributed by atoms with E-state index in [1.54, 1.807) is 0 Å². The summed E-state index contributed by atoms with van der Waals surface area (Å²) in [5.74, 6) is 0.603. The molecule has 0 bridgehead atoms. The van der Waals surface area contributed by atoms with Crippen molar-refractivity contribution in [2.24, 2.45) is 5.92 Å². The quantitative estimate of drug-likeness (QED) is 0.647. The van der Waals surface area contributed by atoms with Gasteiger partial charge in [-0.05, 0) is 25.2 Å². The number of hydrogen-bond acceptors (Lipinski definition) is 3. The predicted molar refractivity (Wildman–Crippen MR) is 67.9 cm³/mol. The van der Waals surface area contributed by atoms with Crippen LogP contribution < -0.4 is 10.6 Å². The van der Waals surface area contributed by atoms with E-state index in [2.05, 4.69) is 23.3 Å². The average Bonchev–Trinajstić information content (AvgIpc) is 2.29.